The molecule has 19 heavy (non-hydrogen) atoms. The number of rotatable bonds is 4. The molecule has 0 heterocycles. The minimum absolute atomic E-state index is 0.0400. The molecule has 1 rings (SSSR count). The second kappa shape index (κ2) is 5.81. The fourth-order valence-corrected chi connectivity index (χ4v) is 1.93. The third-order valence-electron chi connectivity index (χ3n) is 2.86. The van der Waals surface area contributed by atoms with Crippen LogP contribution in [0.5, 0.6) is 0 Å². The molecule has 0 bridgehead atoms. The molecule has 1 N–H and O–H groups in total. The van der Waals surface area contributed by atoms with Gasteiger partial charge in [0, 0.05) is 22.8 Å². The largest absolute Gasteiger partial charge is 0.350 e. The van der Waals surface area contributed by atoms with Gasteiger partial charge in [-0.3, -0.25) is 4.79 Å². The molecule has 1 amide bonds. The van der Waals surface area contributed by atoms with Crippen molar-refractivity contribution in [2.45, 2.75) is 18.6 Å². The number of hydrogen-bond donors (Lipinski definition) is 1. The van der Waals surface area contributed by atoms with E-state index in [4.69, 9.17) is 11.6 Å². The average molecular weight is 369 g/mol. The first-order valence-corrected chi connectivity index (χ1v) is 8.54. The Bertz CT molecular complexity index is 599. The molecule has 0 fully saturated rings. The van der Waals surface area contributed by atoms with Crippen LogP contribution in [0.1, 0.15) is 24.2 Å². The summed E-state index contributed by atoms with van der Waals surface area (Å²) >= 11 is 9.13. The third kappa shape index (κ3) is 4.19. The lowest BCUT2D eigenvalue weighted by atomic mass is 10.2. The highest BCUT2D eigenvalue weighted by atomic mass is 79.9. The van der Waals surface area contributed by atoms with E-state index in [2.05, 4.69) is 21.2 Å². The Labute approximate surface area is 126 Å². The van der Waals surface area contributed by atoms with Crippen molar-refractivity contribution in [2.75, 3.05) is 12.8 Å². The molecule has 0 atom stereocenters. The molecule has 0 unspecified atom stereocenters. The molecule has 106 valence electrons. The predicted molar refractivity (Wildman–Crippen MR) is 80.4 cm³/mol. The molecule has 0 spiro atoms. The lowest BCUT2D eigenvalue weighted by Gasteiger charge is -2.22. The molecule has 7 heteroatoms. The highest BCUT2D eigenvalue weighted by Gasteiger charge is 2.30. The van der Waals surface area contributed by atoms with Gasteiger partial charge in [-0.2, -0.15) is 0 Å². The van der Waals surface area contributed by atoms with Gasteiger partial charge >= 0.3 is 0 Å². The number of sulfone groups is 1. The van der Waals surface area contributed by atoms with Gasteiger partial charge in [0.15, 0.2) is 9.84 Å². The average Bonchev–Trinajstić information content (AvgIpc) is 2.28. The monoisotopic (exact) mass is 367 g/mol. The second-order valence-corrected chi connectivity index (χ2v) is 8.75. The molecular weight excluding hydrogens is 354 g/mol. The van der Waals surface area contributed by atoms with E-state index >= 15 is 0 Å². The Balaban J connectivity index is 2.79. The third-order valence-corrected chi connectivity index (χ3v) is 6.24. The molecule has 1 aromatic carbocycles. The number of carbonyl (C=O) groups excluding carboxylic acids is 1. The van der Waals surface area contributed by atoms with Crippen LogP contribution < -0.4 is 5.32 Å². The topological polar surface area (TPSA) is 63.2 Å². The number of nitrogens with one attached hydrogen (secondary N) is 1. The summed E-state index contributed by atoms with van der Waals surface area (Å²) in [6.07, 6.45) is 1.15. The SMILES string of the molecule is CC(C)(CNC(=O)c1ccc(Br)c(Cl)c1)S(C)(=O)=O. The minimum atomic E-state index is -3.24. The predicted octanol–water partition coefficient (Wildman–Crippen LogP) is 2.66. The summed E-state index contributed by atoms with van der Waals surface area (Å²) in [6.45, 7) is 3.17. The van der Waals surface area contributed by atoms with Crippen molar-refractivity contribution < 1.29 is 13.2 Å². The first-order valence-electron chi connectivity index (χ1n) is 5.47. The summed E-state index contributed by atoms with van der Waals surface area (Å²) in [6, 6.07) is 4.80. The van der Waals surface area contributed by atoms with Crippen molar-refractivity contribution in [3.8, 4) is 0 Å². The Hall–Kier alpha value is -0.590. The van der Waals surface area contributed by atoms with Crippen LogP contribution in [0.3, 0.4) is 0 Å². The highest BCUT2D eigenvalue weighted by molar-refractivity contribution is 9.10. The van der Waals surface area contributed by atoms with Crippen LogP contribution in [0.15, 0.2) is 22.7 Å². The molecule has 0 aromatic heterocycles. The number of halogens is 2. The molecule has 4 nitrogen and oxygen atoms in total. The van der Waals surface area contributed by atoms with Gasteiger partial charge in [0.25, 0.3) is 5.91 Å². The van der Waals surface area contributed by atoms with E-state index in [1.165, 1.54) is 6.07 Å². The van der Waals surface area contributed by atoms with Gasteiger partial charge in [-0.05, 0) is 48.0 Å². The summed E-state index contributed by atoms with van der Waals surface area (Å²) in [5, 5.41) is 3.03. The summed E-state index contributed by atoms with van der Waals surface area (Å²) in [7, 11) is -3.24. The standard InChI is InChI=1S/C12H15BrClNO3S/c1-12(2,19(3,17)18)7-15-11(16)8-4-5-9(13)10(14)6-8/h4-6H,7H2,1-3H3,(H,15,16). The maximum atomic E-state index is 11.9. The van der Waals surface area contributed by atoms with Crippen molar-refractivity contribution in [3.05, 3.63) is 33.3 Å². The van der Waals surface area contributed by atoms with Gasteiger partial charge in [0.05, 0.1) is 9.77 Å². The van der Waals surface area contributed by atoms with Crippen LogP contribution in [-0.4, -0.2) is 31.9 Å². The maximum Gasteiger partial charge on any atom is 0.251 e. The van der Waals surface area contributed by atoms with E-state index in [-0.39, 0.29) is 12.5 Å². The lowest BCUT2D eigenvalue weighted by Crippen LogP contribution is -2.43. The molecule has 0 saturated heterocycles. The van der Waals surface area contributed by atoms with Gasteiger partial charge < -0.3 is 5.32 Å². The van der Waals surface area contributed by atoms with Gasteiger partial charge in [0.2, 0.25) is 0 Å². The normalized spacial score (nSPS) is 12.3. The van der Waals surface area contributed by atoms with Crippen molar-refractivity contribution in [1.29, 1.82) is 0 Å². The van der Waals surface area contributed by atoms with Gasteiger partial charge in [0.1, 0.15) is 0 Å². The Morgan fingerprint density at radius 2 is 2.00 bits per heavy atom. The van der Waals surface area contributed by atoms with E-state index < -0.39 is 14.6 Å². The fraction of sp³-hybridized carbons (Fsp3) is 0.417. The number of benzene rings is 1. The Kier molecular flexibility index (Phi) is 5.03. The number of hydrogen-bond acceptors (Lipinski definition) is 3. The smallest absolute Gasteiger partial charge is 0.251 e. The van der Waals surface area contributed by atoms with E-state index in [1.807, 2.05) is 0 Å². The van der Waals surface area contributed by atoms with Gasteiger partial charge in [-0.1, -0.05) is 11.6 Å². The van der Waals surface area contributed by atoms with Crippen LogP contribution >= 0.6 is 27.5 Å². The van der Waals surface area contributed by atoms with E-state index in [1.54, 1.807) is 26.0 Å². The molecule has 0 radical (unpaired) electrons. The Morgan fingerprint density at radius 3 is 2.47 bits per heavy atom. The van der Waals surface area contributed by atoms with E-state index in [0.29, 0.717) is 15.1 Å². The summed E-state index contributed by atoms with van der Waals surface area (Å²) in [5.41, 5.74) is 0.387. The van der Waals surface area contributed by atoms with Crippen LogP contribution in [0.25, 0.3) is 0 Å². The van der Waals surface area contributed by atoms with Crippen molar-refractivity contribution in [3.63, 3.8) is 0 Å². The van der Waals surface area contributed by atoms with Crippen LogP contribution in [0.2, 0.25) is 5.02 Å². The van der Waals surface area contributed by atoms with E-state index in [9.17, 15) is 13.2 Å². The summed E-state index contributed by atoms with van der Waals surface area (Å²) in [4.78, 5) is 11.9. The zero-order valence-electron chi connectivity index (χ0n) is 10.8. The number of carbonyl (C=O) groups is 1. The number of amides is 1. The quantitative estimate of drug-likeness (QED) is 0.888. The summed E-state index contributed by atoms with van der Waals surface area (Å²) in [5.74, 6) is -0.355. The highest BCUT2D eigenvalue weighted by Crippen LogP contribution is 2.23. The molecule has 1 aromatic rings. The fourth-order valence-electron chi connectivity index (χ4n) is 1.16. The molecule has 0 aliphatic rings. The van der Waals surface area contributed by atoms with Crippen molar-refractivity contribution >= 4 is 43.3 Å². The molecule has 0 saturated carbocycles. The van der Waals surface area contributed by atoms with Crippen LogP contribution in [-0.2, 0) is 9.84 Å². The van der Waals surface area contributed by atoms with E-state index in [0.717, 1.165) is 6.26 Å². The zero-order valence-corrected chi connectivity index (χ0v) is 14.0. The lowest BCUT2D eigenvalue weighted by molar-refractivity contribution is 0.0950. The first kappa shape index (κ1) is 16.5. The van der Waals surface area contributed by atoms with Gasteiger partial charge in [-0.15, -0.1) is 0 Å². The Morgan fingerprint density at radius 1 is 1.42 bits per heavy atom. The molecular formula is C12H15BrClNO3S. The second-order valence-electron chi connectivity index (χ2n) is 4.84. The molecule has 0 aliphatic heterocycles. The van der Waals surface area contributed by atoms with Crippen molar-refractivity contribution in [1.82, 2.24) is 5.32 Å². The minimum Gasteiger partial charge on any atom is -0.350 e. The van der Waals surface area contributed by atoms with Gasteiger partial charge in [-0.25, -0.2) is 8.42 Å². The summed E-state index contributed by atoms with van der Waals surface area (Å²) < 4.78 is 22.7. The van der Waals surface area contributed by atoms with Crippen LogP contribution in [0.4, 0.5) is 0 Å². The van der Waals surface area contributed by atoms with Crippen LogP contribution in [0, 0.1) is 0 Å². The van der Waals surface area contributed by atoms with Crippen molar-refractivity contribution in [2.24, 2.45) is 0 Å². The first-order chi connectivity index (χ1) is 8.54. The maximum absolute atomic E-state index is 11.9. The zero-order chi connectivity index (χ0) is 14.8. The molecule has 0 aliphatic carbocycles.